The Labute approximate surface area is 201 Å². The maximum absolute atomic E-state index is 10.8. The molecule has 9 nitrogen and oxygen atoms in total. The Morgan fingerprint density at radius 2 is 1.91 bits per heavy atom. The number of hydrogen-bond donors (Lipinski definition) is 2. The molecule has 3 aromatic rings. The molecule has 1 saturated heterocycles. The number of hydrogen-bond acceptors (Lipinski definition) is 8. The van der Waals surface area contributed by atoms with Crippen LogP contribution in [0, 0.1) is 0 Å². The average Bonchev–Trinajstić information content (AvgIpc) is 3.34. The van der Waals surface area contributed by atoms with Gasteiger partial charge in [-0.3, -0.25) is 4.57 Å². The van der Waals surface area contributed by atoms with E-state index in [4.69, 9.17) is 14.2 Å². The van der Waals surface area contributed by atoms with Crippen molar-refractivity contribution in [2.75, 3.05) is 13.2 Å². The highest BCUT2D eigenvalue weighted by Crippen LogP contribution is 2.35. The summed E-state index contributed by atoms with van der Waals surface area (Å²) in [5.74, 6) is 0.418. The first-order valence-corrected chi connectivity index (χ1v) is 15.4. The third-order valence-corrected chi connectivity index (χ3v) is 7.77. The zero-order valence-corrected chi connectivity index (χ0v) is 21.5. The summed E-state index contributed by atoms with van der Waals surface area (Å²) in [6.07, 6.45) is -0.231. The number of ether oxygens (including phenoxy) is 3. The van der Waals surface area contributed by atoms with Gasteiger partial charge in [-0.15, -0.1) is 0 Å². The summed E-state index contributed by atoms with van der Waals surface area (Å²) in [6.45, 7) is 7.38. The largest absolute Gasteiger partial charge is 0.476 e. The molecule has 0 amide bonds. The summed E-state index contributed by atoms with van der Waals surface area (Å²) in [5, 5.41) is 20.4. The summed E-state index contributed by atoms with van der Waals surface area (Å²) in [6, 6.07) is 8.74. The van der Waals surface area contributed by atoms with Gasteiger partial charge in [0.25, 0.3) is 0 Å². The van der Waals surface area contributed by atoms with Crippen molar-refractivity contribution in [3.05, 3.63) is 47.0 Å². The van der Waals surface area contributed by atoms with E-state index in [9.17, 15) is 10.2 Å². The van der Waals surface area contributed by atoms with E-state index in [2.05, 4.69) is 50.5 Å². The predicted octanol–water partition coefficient (Wildman–Crippen LogP) is 3.14. The average molecular weight is 537 g/mol. The molecule has 2 N–H and O–H groups in total. The predicted molar refractivity (Wildman–Crippen MR) is 129 cm³/mol. The van der Waals surface area contributed by atoms with Gasteiger partial charge in [0.2, 0.25) is 5.88 Å². The lowest BCUT2D eigenvalue weighted by Crippen LogP contribution is -2.35. The van der Waals surface area contributed by atoms with Crippen LogP contribution in [-0.4, -0.2) is 69.3 Å². The standard InChI is InChI=1S/C22H29BrN4O5Si/c1-33(2,3)9-8-30-21-17-20(24-12-25-21)27(13-26-17)22-19(18(29)16(10-28)32-22)31-11-14-4-6-15(23)7-5-14/h4-7,12-13,16,18-19,22,28-29H,8-11H2,1-3H3/t16?,18-,19-,22?/m1/s1. The van der Waals surface area contributed by atoms with Crippen LogP contribution in [0.1, 0.15) is 11.8 Å². The third-order valence-electron chi connectivity index (χ3n) is 5.54. The number of rotatable bonds is 9. The molecular weight excluding hydrogens is 508 g/mol. The van der Waals surface area contributed by atoms with Gasteiger partial charge in [-0.05, 0) is 23.7 Å². The van der Waals surface area contributed by atoms with Gasteiger partial charge in [0, 0.05) is 12.5 Å². The highest BCUT2D eigenvalue weighted by Gasteiger charge is 2.46. The van der Waals surface area contributed by atoms with Gasteiger partial charge >= 0.3 is 0 Å². The minimum Gasteiger partial charge on any atom is -0.476 e. The third kappa shape index (κ3) is 5.61. The molecule has 2 aromatic heterocycles. The molecule has 1 fully saturated rings. The molecule has 3 heterocycles. The fraction of sp³-hybridized carbons (Fsp3) is 0.500. The number of aliphatic hydroxyl groups excluding tert-OH is 2. The van der Waals surface area contributed by atoms with Crippen molar-refractivity contribution < 1.29 is 24.4 Å². The van der Waals surface area contributed by atoms with Crippen LogP contribution in [0.15, 0.2) is 41.4 Å². The Hall–Kier alpha value is -1.89. The molecule has 1 aliphatic rings. The van der Waals surface area contributed by atoms with Crippen LogP contribution in [0.25, 0.3) is 11.2 Å². The molecule has 4 atom stereocenters. The minimum absolute atomic E-state index is 0.277. The van der Waals surface area contributed by atoms with Crippen LogP contribution in [0.5, 0.6) is 5.88 Å². The number of benzene rings is 1. The van der Waals surface area contributed by atoms with Crippen molar-refractivity contribution in [3.8, 4) is 5.88 Å². The van der Waals surface area contributed by atoms with Crippen molar-refractivity contribution in [1.29, 1.82) is 0 Å². The highest BCUT2D eigenvalue weighted by molar-refractivity contribution is 9.10. The molecule has 0 bridgehead atoms. The molecule has 0 radical (unpaired) electrons. The van der Waals surface area contributed by atoms with Crippen LogP contribution in [0.2, 0.25) is 25.7 Å². The van der Waals surface area contributed by atoms with E-state index in [1.807, 2.05) is 24.3 Å². The van der Waals surface area contributed by atoms with E-state index in [0.717, 1.165) is 16.1 Å². The second-order valence-corrected chi connectivity index (χ2v) is 15.8. The van der Waals surface area contributed by atoms with Crippen LogP contribution in [-0.2, 0) is 16.1 Å². The van der Waals surface area contributed by atoms with E-state index >= 15 is 0 Å². The molecule has 4 rings (SSSR count). The van der Waals surface area contributed by atoms with Gasteiger partial charge in [-0.25, -0.2) is 9.97 Å². The summed E-state index contributed by atoms with van der Waals surface area (Å²) >= 11 is 3.42. The Morgan fingerprint density at radius 3 is 2.61 bits per heavy atom. The van der Waals surface area contributed by atoms with E-state index in [-0.39, 0.29) is 13.2 Å². The Morgan fingerprint density at radius 1 is 1.15 bits per heavy atom. The second kappa shape index (κ2) is 10.2. The fourth-order valence-corrected chi connectivity index (χ4v) is 4.60. The Bertz CT molecular complexity index is 1070. The van der Waals surface area contributed by atoms with Gasteiger partial charge in [0.1, 0.15) is 24.6 Å². The summed E-state index contributed by atoms with van der Waals surface area (Å²) in [7, 11) is -1.25. The molecule has 1 aromatic carbocycles. The Balaban J connectivity index is 1.56. The molecule has 1 aliphatic heterocycles. The summed E-state index contributed by atoms with van der Waals surface area (Å²) < 4.78 is 20.6. The van der Waals surface area contributed by atoms with E-state index in [0.29, 0.717) is 23.7 Å². The second-order valence-electron chi connectivity index (χ2n) is 9.30. The first-order chi connectivity index (χ1) is 15.8. The lowest BCUT2D eigenvalue weighted by molar-refractivity contribution is -0.0761. The van der Waals surface area contributed by atoms with Crippen LogP contribution < -0.4 is 4.74 Å². The molecular formula is C22H29BrN4O5Si. The summed E-state index contributed by atoms with van der Waals surface area (Å²) in [4.78, 5) is 13.1. The number of aromatic nitrogens is 4. The van der Waals surface area contributed by atoms with Crippen molar-refractivity contribution >= 4 is 35.2 Å². The first-order valence-electron chi connectivity index (χ1n) is 10.9. The molecule has 178 valence electrons. The van der Waals surface area contributed by atoms with Crippen LogP contribution in [0.3, 0.4) is 0 Å². The molecule has 0 spiro atoms. The smallest absolute Gasteiger partial charge is 0.245 e. The van der Waals surface area contributed by atoms with Crippen LogP contribution >= 0.6 is 15.9 Å². The van der Waals surface area contributed by atoms with Gasteiger partial charge in [-0.2, -0.15) is 4.98 Å². The highest BCUT2D eigenvalue weighted by atomic mass is 79.9. The maximum atomic E-state index is 10.8. The zero-order valence-electron chi connectivity index (χ0n) is 18.9. The van der Waals surface area contributed by atoms with Crippen molar-refractivity contribution in [2.45, 2.75) is 56.8 Å². The number of imidazole rings is 1. The number of aliphatic hydroxyl groups is 2. The molecule has 0 aliphatic carbocycles. The van der Waals surface area contributed by atoms with Crippen molar-refractivity contribution in [1.82, 2.24) is 19.5 Å². The molecule has 33 heavy (non-hydrogen) atoms. The lowest BCUT2D eigenvalue weighted by Gasteiger charge is -2.22. The molecule has 0 saturated carbocycles. The van der Waals surface area contributed by atoms with Crippen molar-refractivity contribution in [3.63, 3.8) is 0 Å². The van der Waals surface area contributed by atoms with E-state index < -0.39 is 32.6 Å². The lowest BCUT2D eigenvalue weighted by atomic mass is 10.1. The minimum atomic E-state index is -1.25. The summed E-state index contributed by atoms with van der Waals surface area (Å²) in [5.41, 5.74) is 1.99. The van der Waals surface area contributed by atoms with Gasteiger partial charge in [0.15, 0.2) is 17.4 Å². The van der Waals surface area contributed by atoms with Crippen LogP contribution in [0.4, 0.5) is 0 Å². The number of nitrogens with zero attached hydrogens (tertiary/aromatic N) is 4. The normalized spacial score (nSPS) is 23.3. The van der Waals surface area contributed by atoms with Gasteiger partial charge in [0.05, 0.1) is 26.1 Å². The first kappa shape index (κ1) is 24.2. The molecule has 11 heteroatoms. The van der Waals surface area contributed by atoms with Gasteiger partial charge in [-0.1, -0.05) is 47.7 Å². The number of fused-ring (bicyclic) bond motifs is 1. The zero-order chi connectivity index (χ0) is 23.6. The monoisotopic (exact) mass is 536 g/mol. The quantitative estimate of drug-likeness (QED) is 0.401. The number of halogens is 1. The van der Waals surface area contributed by atoms with Gasteiger partial charge < -0.3 is 24.4 Å². The topological polar surface area (TPSA) is 112 Å². The Kier molecular flexibility index (Phi) is 7.46. The maximum Gasteiger partial charge on any atom is 0.245 e. The van der Waals surface area contributed by atoms with E-state index in [1.54, 1.807) is 10.9 Å². The van der Waals surface area contributed by atoms with E-state index in [1.165, 1.54) is 6.33 Å². The van der Waals surface area contributed by atoms with Crippen molar-refractivity contribution in [2.24, 2.45) is 0 Å². The fourth-order valence-electron chi connectivity index (χ4n) is 3.62. The SMILES string of the molecule is C[Si](C)(C)CCOc1ncnc2c1ncn2C1OC(CO)[C@@H](O)[C@H]1OCc1ccc(Br)cc1. The molecule has 2 unspecified atom stereocenters.